The molecule has 5 nitrogen and oxygen atoms in total. The van der Waals surface area contributed by atoms with Crippen LogP contribution in [0, 0.1) is 0 Å². The van der Waals surface area contributed by atoms with Gasteiger partial charge in [-0.05, 0) is 25.7 Å². The number of anilines is 1. The molecule has 1 aromatic heterocycles. The molecule has 2 heterocycles. The summed E-state index contributed by atoms with van der Waals surface area (Å²) in [4.78, 5) is 18.8. The molecule has 0 unspecified atom stereocenters. The van der Waals surface area contributed by atoms with Crippen LogP contribution >= 0.6 is 0 Å². The first kappa shape index (κ1) is 11.9. The van der Waals surface area contributed by atoms with Crippen LogP contribution in [0.3, 0.4) is 0 Å². The van der Waals surface area contributed by atoms with Crippen LogP contribution in [-0.4, -0.2) is 31.7 Å². The van der Waals surface area contributed by atoms with E-state index in [1.807, 2.05) is 0 Å². The monoisotopic (exact) mass is 267 g/mol. The van der Waals surface area contributed by atoms with Crippen LogP contribution in [0.15, 0.2) is 10.9 Å². The van der Waals surface area contributed by atoms with Gasteiger partial charge in [0.2, 0.25) is 0 Å². The zero-order valence-corrected chi connectivity index (χ0v) is 11.0. The van der Waals surface area contributed by atoms with Crippen LogP contribution in [0.4, 0.5) is 5.82 Å². The van der Waals surface area contributed by atoms with Crippen LogP contribution in [-0.2, 0) is 10.8 Å². The highest BCUT2D eigenvalue weighted by Gasteiger charge is 2.26. The molecule has 1 aliphatic heterocycles. The van der Waals surface area contributed by atoms with Crippen LogP contribution in [0.5, 0.6) is 0 Å². The number of aromatic amines is 1. The molecule has 0 atom stereocenters. The highest BCUT2D eigenvalue weighted by molar-refractivity contribution is 7.85. The summed E-state index contributed by atoms with van der Waals surface area (Å²) >= 11 is 0. The zero-order valence-electron chi connectivity index (χ0n) is 10.1. The fourth-order valence-corrected chi connectivity index (χ4v) is 3.55. The number of nitrogens with zero attached hydrogens (tertiary/aromatic N) is 1. The zero-order chi connectivity index (χ0) is 12.5. The molecular formula is C12H17N3O2S. The average Bonchev–Trinajstić information content (AvgIpc) is 3.15. The smallest absolute Gasteiger partial charge is 0.252 e. The molecule has 0 spiro atoms. The van der Waals surface area contributed by atoms with Gasteiger partial charge in [-0.1, -0.05) is 0 Å². The minimum absolute atomic E-state index is 0.0891. The van der Waals surface area contributed by atoms with E-state index >= 15 is 0 Å². The van der Waals surface area contributed by atoms with E-state index in [1.165, 1.54) is 6.07 Å². The van der Waals surface area contributed by atoms with Gasteiger partial charge in [0.15, 0.2) is 0 Å². The van der Waals surface area contributed by atoms with E-state index in [1.54, 1.807) is 0 Å². The first-order valence-corrected chi connectivity index (χ1v) is 7.92. The van der Waals surface area contributed by atoms with Gasteiger partial charge in [0, 0.05) is 40.3 Å². The second-order valence-electron chi connectivity index (χ2n) is 5.06. The maximum atomic E-state index is 11.6. The predicted octanol–water partition coefficient (Wildman–Crippen LogP) is 0.970. The first-order chi connectivity index (χ1) is 8.70. The van der Waals surface area contributed by atoms with Crippen molar-refractivity contribution < 1.29 is 4.21 Å². The molecule has 98 valence electrons. The van der Waals surface area contributed by atoms with Gasteiger partial charge in [-0.3, -0.25) is 9.00 Å². The van der Waals surface area contributed by atoms with E-state index < -0.39 is 10.8 Å². The maximum absolute atomic E-state index is 11.6. The lowest BCUT2D eigenvalue weighted by Gasteiger charge is -2.23. The topological polar surface area (TPSA) is 74.8 Å². The maximum Gasteiger partial charge on any atom is 0.252 e. The van der Waals surface area contributed by atoms with Gasteiger partial charge in [0.25, 0.3) is 5.56 Å². The van der Waals surface area contributed by atoms with Crippen LogP contribution in [0.25, 0.3) is 0 Å². The molecule has 0 radical (unpaired) electrons. The van der Waals surface area contributed by atoms with E-state index in [4.69, 9.17) is 0 Å². The van der Waals surface area contributed by atoms with E-state index in [9.17, 15) is 9.00 Å². The van der Waals surface area contributed by atoms with E-state index in [2.05, 4.69) is 15.3 Å². The number of nitrogens with one attached hydrogen (secondary N) is 2. The Kier molecular flexibility index (Phi) is 3.20. The molecule has 2 N–H and O–H groups in total. The largest absolute Gasteiger partial charge is 0.367 e. The number of aromatic nitrogens is 2. The number of hydrogen-bond donors (Lipinski definition) is 2. The summed E-state index contributed by atoms with van der Waals surface area (Å²) in [6.45, 7) is 0. The Morgan fingerprint density at radius 2 is 2.00 bits per heavy atom. The normalized spacial score (nSPS) is 28.0. The van der Waals surface area contributed by atoms with Crippen molar-refractivity contribution in [1.82, 2.24) is 9.97 Å². The Labute approximate surface area is 108 Å². The third-order valence-electron chi connectivity index (χ3n) is 3.46. The summed E-state index contributed by atoms with van der Waals surface area (Å²) in [6.07, 6.45) is 4.02. The molecular weight excluding hydrogens is 250 g/mol. The van der Waals surface area contributed by atoms with E-state index in [0.29, 0.717) is 17.8 Å². The molecule has 0 amide bonds. The van der Waals surface area contributed by atoms with Gasteiger partial charge in [-0.25, -0.2) is 4.98 Å². The predicted molar refractivity (Wildman–Crippen MR) is 71.4 cm³/mol. The SMILES string of the molecule is O=c1cc(NC2CCS(=O)CC2)nc(C2CC2)[nH]1. The summed E-state index contributed by atoms with van der Waals surface area (Å²) in [5, 5.41) is 3.30. The fourth-order valence-electron chi connectivity index (χ4n) is 2.25. The minimum Gasteiger partial charge on any atom is -0.367 e. The molecule has 1 aliphatic carbocycles. The highest BCUT2D eigenvalue weighted by atomic mass is 32.2. The van der Waals surface area contributed by atoms with E-state index in [-0.39, 0.29) is 5.56 Å². The number of rotatable bonds is 3. The molecule has 0 bridgehead atoms. The van der Waals surface area contributed by atoms with Gasteiger partial charge in [0.1, 0.15) is 11.6 Å². The van der Waals surface area contributed by atoms with Crippen LogP contribution in [0.1, 0.15) is 37.4 Å². The van der Waals surface area contributed by atoms with Gasteiger partial charge < -0.3 is 10.3 Å². The molecule has 1 saturated heterocycles. The van der Waals surface area contributed by atoms with Crippen molar-refractivity contribution >= 4 is 16.6 Å². The first-order valence-electron chi connectivity index (χ1n) is 6.43. The molecule has 1 saturated carbocycles. The summed E-state index contributed by atoms with van der Waals surface area (Å²) in [5.41, 5.74) is -0.0891. The van der Waals surface area contributed by atoms with Gasteiger partial charge in [0.05, 0.1) is 0 Å². The lowest BCUT2D eigenvalue weighted by molar-refractivity contribution is 0.621. The lowest BCUT2D eigenvalue weighted by atomic mass is 10.1. The van der Waals surface area contributed by atoms with Crippen molar-refractivity contribution in [2.75, 3.05) is 16.8 Å². The Morgan fingerprint density at radius 3 is 2.67 bits per heavy atom. The third-order valence-corrected chi connectivity index (χ3v) is 4.85. The Balaban J connectivity index is 1.71. The minimum atomic E-state index is -0.653. The summed E-state index contributed by atoms with van der Waals surface area (Å²) in [5.74, 6) is 3.41. The van der Waals surface area contributed by atoms with Crippen molar-refractivity contribution in [3.8, 4) is 0 Å². The average molecular weight is 267 g/mol. The standard InChI is InChI=1S/C12H17N3O2S/c16-11-7-10(14-12(15-11)8-1-2-8)13-9-3-5-18(17)6-4-9/h7-9H,1-6H2,(H2,13,14,15,16). The Bertz CT molecular complexity index is 514. The lowest BCUT2D eigenvalue weighted by Crippen LogP contribution is -2.30. The van der Waals surface area contributed by atoms with Crippen molar-refractivity contribution in [3.05, 3.63) is 22.2 Å². The highest BCUT2D eigenvalue weighted by Crippen LogP contribution is 2.37. The second kappa shape index (κ2) is 4.84. The van der Waals surface area contributed by atoms with Crippen molar-refractivity contribution in [3.63, 3.8) is 0 Å². The molecule has 3 rings (SSSR count). The van der Waals surface area contributed by atoms with Crippen molar-refractivity contribution in [2.24, 2.45) is 0 Å². The third kappa shape index (κ3) is 2.80. The molecule has 18 heavy (non-hydrogen) atoms. The molecule has 2 fully saturated rings. The molecule has 0 aromatic carbocycles. The Hall–Kier alpha value is -1.17. The quantitative estimate of drug-likeness (QED) is 0.855. The van der Waals surface area contributed by atoms with Gasteiger partial charge >= 0.3 is 0 Å². The molecule has 6 heteroatoms. The van der Waals surface area contributed by atoms with Crippen LogP contribution < -0.4 is 10.9 Å². The van der Waals surface area contributed by atoms with Crippen LogP contribution in [0.2, 0.25) is 0 Å². The van der Waals surface area contributed by atoms with Gasteiger partial charge in [-0.15, -0.1) is 0 Å². The van der Waals surface area contributed by atoms with Crippen molar-refractivity contribution in [1.29, 1.82) is 0 Å². The number of hydrogen-bond acceptors (Lipinski definition) is 4. The molecule has 1 aromatic rings. The second-order valence-corrected chi connectivity index (χ2v) is 6.75. The number of H-pyrrole nitrogens is 1. The molecule has 2 aliphatic rings. The summed E-state index contributed by atoms with van der Waals surface area (Å²) in [7, 11) is -0.653. The summed E-state index contributed by atoms with van der Waals surface area (Å²) in [6, 6.07) is 1.81. The summed E-state index contributed by atoms with van der Waals surface area (Å²) < 4.78 is 11.3. The van der Waals surface area contributed by atoms with Gasteiger partial charge in [-0.2, -0.15) is 0 Å². The van der Waals surface area contributed by atoms with Crippen molar-refractivity contribution in [2.45, 2.75) is 37.6 Å². The Morgan fingerprint density at radius 1 is 1.28 bits per heavy atom. The van der Waals surface area contributed by atoms with E-state index in [0.717, 1.165) is 43.0 Å². The fraction of sp³-hybridized carbons (Fsp3) is 0.667.